The van der Waals surface area contributed by atoms with E-state index in [4.69, 9.17) is 0 Å². The summed E-state index contributed by atoms with van der Waals surface area (Å²) in [4.78, 5) is 27.9. The van der Waals surface area contributed by atoms with E-state index in [1.165, 1.54) is 30.3 Å². The van der Waals surface area contributed by atoms with Gasteiger partial charge in [0.15, 0.2) is 0 Å². The van der Waals surface area contributed by atoms with E-state index in [1.54, 1.807) is 54.6 Å². The molecule has 2 N–H and O–H groups in total. The van der Waals surface area contributed by atoms with Crippen molar-refractivity contribution in [1.29, 1.82) is 0 Å². The average Bonchev–Trinajstić information content (AvgIpc) is 3.20. The summed E-state index contributed by atoms with van der Waals surface area (Å²) in [5, 5.41) is 6.16. The molecule has 2 amide bonds. The number of nitrogens with one attached hydrogen (secondary N) is 2. The number of fused-ring (bicyclic) bond motifs is 1. The molecule has 10 heteroatoms. The molecule has 1 heterocycles. The third kappa shape index (κ3) is 6.36. The van der Waals surface area contributed by atoms with Gasteiger partial charge in [-0.3, -0.25) is 9.59 Å². The van der Waals surface area contributed by atoms with Gasteiger partial charge in [0, 0.05) is 43.4 Å². The highest BCUT2D eigenvalue weighted by Gasteiger charge is 2.22. The molecule has 0 aliphatic rings. The lowest BCUT2D eigenvalue weighted by Gasteiger charge is -2.13. The molecule has 0 saturated carbocycles. The van der Waals surface area contributed by atoms with Crippen molar-refractivity contribution in [2.75, 3.05) is 41.3 Å². The Kier molecular flexibility index (Phi) is 8.44. The minimum atomic E-state index is -3.80. The van der Waals surface area contributed by atoms with Crippen LogP contribution in [0, 0.1) is 0 Å². The molecule has 0 fully saturated rings. The highest BCUT2D eigenvalue weighted by atomic mass is 32.2. The molecule has 186 valence electrons. The zero-order valence-electron chi connectivity index (χ0n) is 20.4. The normalized spacial score (nSPS) is 12.3. The summed E-state index contributed by atoms with van der Waals surface area (Å²) in [6, 6.07) is 15.6. The van der Waals surface area contributed by atoms with Crippen LogP contribution in [-0.2, 0) is 15.0 Å². The summed E-state index contributed by atoms with van der Waals surface area (Å²) in [7, 11) is 3.00. The van der Waals surface area contributed by atoms with Crippen LogP contribution < -0.4 is 10.6 Å². The second-order valence-electron chi connectivity index (χ2n) is 8.48. The maximum Gasteiger partial charge on any atom is 0.307 e. The molecular weight excluding hydrogens is 466 g/mol. The van der Waals surface area contributed by atoms with E-state index in [1.807, 2.05) is 19.0 Å². The van der Waals surface area contributed by atoms with Crippen LogP contribution in [0.4, 0.5) is 0 Å². The predicted molar refractivity (Wildman–Crippen MR) is 138 cm³/mol. The van der Waals surface area contributed by atoms with E-state index >= 15 is 0 Å². The summed E-state index contributed by atoms with van der Waals surface area (Å²) in [6.45, 7) is 1.22. The smallest absolute Gasteiger partial charge is 0.307 e. The van der Waals surface area contributed by atoms with Gasteiger partial charge < -0.3 is 15.5 Å². The molecule has 3 aromatic rings. The molecule has 2 aromatic carbocycles. The molecule has 1 aromatic heterocycles. The lowest BCUT2D eigenvalue weighted by Crippen LogP contribution is -2.36. The van der Waals surface area contributed by atoms with Crippen LogP contribution in [0.5, 0.6) is 0 Å². The Bertz CT molecular complexity index is 1330. The molecule has 9 nitrogen and oxygen atoms in total. The summed E-state index contributed by atoms with van der Waals surface area (Å²) < 4.78 is 28.1. The van der Waals surface area contributed by atoms with Crippen molar-refractivity contribution in [3.8, 4) is 0 Å². The molecular formula is C25H31N5O4S. The molecule has 3 rings (SSSR count). The lowest BCUT2D eigenvalue weighted by atomic mass is 10.1. The van der Waals surface area contributed by atoms with E-state index in [0.29, 0.717) is 28.6 Å². The maximum absolute atomic E-state index is 13.1. The van der Waals surface area contributed by atoms with Gasteiger partial charge in [-0.25, -0.2) is 3.97 Å². The minimum Gasteiger partial charge on any atom is -0.351 e. The molecule has 0 bridgehead atoms. The van der Waals surface area contributed by atoms with Gasteiger partial charge in [-0.2, -0.15) is 12.7 Å². The van der Waals surface area contributed by atoms with Crippen LogP contribution in [-0.4, -0.2) is 74.7 Å². The second-order valence-corrected chi connectivity index (χ2v) is 10.5. The van der Waals surface area contributed by atoms with E-state index in [9.17, 15) is 18.0 Å². The fraction of sp³-hybridized carbons (Fsp3) is 0.280. The third-order valence-electron chi connectivity index (χ3n) is 5.32. The van der Waals surface area contributed by atoms with Crippen LogP contribution in [0.1, 0.15) is 22.3 Å². The van der Waals surface area contributed by atoms with Crippen LogP contribution in [0.15, 0.2) is 66.5 Å². The van der Waals surface area contributed by atoms with Crippen LogP contribution in [0.3, 0.4) is 0 Å². The number of hydrogen-bond acceptors (Lipinski definition) is 5. The van der Waals surface area contributed by atoms with Crippen LogP contribution in [0.25, 0.3) is 17.0 Å². The first-order valence-electron chi connectivity index (χ1n) is 11.2. The van der Waals surface area contributed by atoms with Gasteiger partial charge in [-0.05, 0) is 51.3 Å². The van der Waals surface area contributed by atoms with Crippen molar-refractivity contribution in [2.45, 2.75) is 6.42 Å². The lowest BCUT2D eigenvalue weighted by molar-refractivity contribution is -0.117. The highest BCUT2D eigenvalue weighted by Crippen LogP contribution is 2.25. The molecule has 0 spiro atoms. The number of aromatic nitrogens is 1. The standard InChI is InChI=1S/C25H31N5O4S/c1-28(2)16-10-15-26-25(32)22(27-24(31)19-11-6-5-7-12-19)17-20-18-30(35(33,34)29(3)4)23-14-9-8-13-21(20)23/h5-9,11-14,17-18H,10,15-16H2,1-4H3,(H,26,32)(H,27,31). The Morgan fingerprint density at radius 1 is 0.971 bits per heavy atom. The van der Waals surface area contributed by atoms with Gasteiger partial charge in [0.25, 0.3) is 11.8 Å². The topological polar surface area (TPSA) is 104 Å². The Labute approximate surface area is 206 Å². The number of hydrogen-bond donors (Lipinski definition) is 2. The average molecular weight is 498 g/mol. The van der Waals surface area contributed by atoms with Crippen molar-refractivity contribution in [3.05, 3.63) is 77.6 Å². The zero-order valence-corrected chi connectivity index (χ0v) is 21.2. The number of benzene rings is 2. The molecule has 0 aliphatic heterocycles. The van der Waals surface area contributed by atoms with E-state index in [0.717, 1.165) is 17.3 Å². The molecule has 0 radical (unpaired) electrons. The number of rotatable bonds is 10. The van der Waals surface area contributed by atoms with Crippen molar-refractivity contribution in [1.82, 2.24) is 23.8 Å². The molecule has 0 saturated heterocycles. The number of para-hydroxylation sites is 1. The van der Waals surface area contributed by atoms with Crippen molar-refractivity contribution >= 4 is 39.0 Å². The first-order chi connectivity index (χ1) is 16.6. The van der Waals surface area contributed by atoms with Gasteiger partial charge in [0.1, 0.15) is 5.70 Å². The maximum atomic E-state index is 13.1. The quantitative estimate of drug-likeness (QED) is 0.330. The summed E-state index contributed by atoms with van der Waals surface area (Å²) in [5.74, 6) is -0.898. The van der Waals surface area contributed by atoms with E-state index < -0.39 is 22.0 Å². The molecule has 0 unspecified atom stereocenters. The number of carbonyl (C=O) groups excluding carboxylic acids is 2. The monoisotopic (exact) mass is 497 g/mol. The van der Waals surface area contributed by atoms with Crippen LogP contribution in [0.2, 0.25) is 0 Å². The third-order valence-corrected chi connectivity index (χ3v) is 7.04. The Morgan fingerprint density at radius 2 is 1.63 bits per heavy atom. The molecule has 0 aliphatic carbocycles. The van der Waals surface area contributed by atoms with Gasteiger partial charge in [0.2, 0.25) is 0 Å². The number of nitrogens with zero attached hydrogens (tertiary/aromatic N) is 3. The second kappa shape index (κ2) is 11.3. The van der Waals surface area contributed by atoms with E-state index in [-0.39, 0.29) is 5.70 Å². The van der Waals surface area contributed by atoms with Gasteiger partial charge in [-0.15, -0.1) is 0 Å². The van der Waals surface area contributed by atoms with Crippen molar-refractivity contribution in [2.24, 2.45) is 0 Å². The molecule has 0 atom stereocenters. The van der Waals surface area contributed by atoms with Gasteiger partial charge in [0.05, 0.1) is 5.52 Å². The number of amides is 2. The van der Waals surface area contributed by atoms with Crippen molar-refractivity contribution < 1.29 is 18.0 Å². The Balaban J connectivity index is 2.02. The summed E-state index contributed by atoms with van der Waals surface area (Å²) in [5.41, 5.74) is 1.37. The van der Waals surface area contributed by atoms with Gasteiger partial charge >= 0.3 is 10.2 Å². The van der Waals surface area contributed by atoms with Gasteiger partial charge in [-0.1, -0.05) is 36.4 Å². The minimum absolute atomic E-state index is 0.0221. The first kappa shape index (κ1) is 26.1. The molecule has 35 heavy (non-hydrogen) atoms. The zero-order chi connectivity index (χ0) is 25.6. The highest BCUT2D eigenvalue weighted by molar-refractivity contribution is 7.87. The van der Waals surface area contributed by atoms with Crippen LogP contribution >= 0.6 is 0 Å². The Morgan fingerprint density at radius 3 is 2.29 bits per heavy atom. The first-order valence-corrected chi connectivity index (χ1v) is 12.5. The van der Waals surface area contributed by atoms with E-state index in [2.05, 4.69) is 10.6 Å². The fourth-order valence-electron chi connectivity index (χ4n) is 3.45. The van der Waals surface area contributed by atoms with Crippen molar-refractivity contribution in [3.63, 3.8) is 0 Å². The number of carbonyl (C=O) groups is 2. The Hall–Kier alpha value is -3.47. The predicted octanol–water partition coefficient (Wildman–Crippen LogP) is 2.13. The largest absolute Gasteiger partial charge is 0.351 e. The SMILES string of the molecule is CN(C)CCCNC(=O)C(=Cc1cn(S(=O)(=O)N(C)C)c2ccccc12)NC(=O)c1ccccc1. The summed E-state index contributed by atoms with van der Waals surface area (Å²) in [6.07, 6.45) is 3.69. The fourth-order valence-corrected chi connectivity index (χ4v) is 4.45. The summed E-state index contributed by atoms with van der Waals surface area (Å²) >= 11 is 0.